The molecule has 1 unspecified atom stereocenters. The summed E-state index contributed by atoms with van der Waals surface area (Å²) in [4.78, 5) is 26.0. The van der Waals surface area contributed by atoms with Crippen LogP contribution in [0.3, 0.4) is 0 Å². The minimum atomic E-state index is -0.956. The number of benzene rings is 3. The van der Waals surface area contributed by atoms with Crippen molar-refractivity contribution in [3.05, 3.63) is 89.0 Å². The van der Waals surface area contributed by atoms with E-state index in [1.54, 1.807) is 30.2 Å². The number of rotatable bonds is 9. The van der Waals surface area contributed by atoms with Gasteiger partial charge in [-0.25, -0.2) is 9.86 Å². The number of aryl methyl sites for hydroxylation is 1. The molecule has 3 aromatic rings. The van der Waals surface area contributed by atoms with E-state index in [0.29, 0.717) is 39.9 Å². The predicted molar refractivity (Wildman–Crippen MR) is 132 cm³/mol. The number of hydrogen-bond donors (Lipinski definition) is 2. The molecule has 8 heteroatoms. The highest BCUT2D eigenvalue weighted by molar-refractivity contribution is 6.10. The lowest BCUT2D eigenvalue weighted by Crippen LogP contribution is -2.32. The lowest BCUT2D eigenvalue weighted by atomic mass is 10.1. The largest absolute Gasteiger partial charge is 0.493 e. The van der Waals surface area contributed by atoms with Crippen LogP contribution in [0.25, 0.3) is 0 Å². The van der Waals surface area contributed by atoms with Gasteiger partial charge in [0.2, 0.25) is 0 Å². The quantitative estimate of drug-likeness (QED) is 0.350. The highest BCUT2D eigenvalue weighted by Crippen LogP contribution is 2.36. The van der Waals surface area contributed by atoms with Gasteiger partial charge in [0, 0.05) is 17.3 Å². The van der Waals surface area contributed by atoms with Crippen molar-refractivity contribution >= 4 is 17.6 Å². The molecule has 0 aromatic heterocycles. The van der Waals surface area contributed by atoms with Crippen LogP contribution < -0.4 is 20.1 Å². The van der Waals surface area contributed by atoms with Gasteiger partial charge in [0.1, 0.15) is 0 Å². The number of urea groups is 1. The first-order valence-corrected chi connectivity index (χ1v) is 11.4. The molecule has 1 heterocycles. The van der Waals surface area contributed by atoms with Crippen molar-refractivity contribution in [2.45, 2.75) is 39.0 Å². The Morgan fingerprint density at radius 2 is 1.86 bits per heavy atom. The SMILES string of the molecule is COc1ccc(N2Cc3ccc(CN(O)C(N)=O)cc3C2=O)cc1OC(C)CCc1ccccc1. The minimum Gasteiger partial charge on any atom is -0.493 e. The van der Waals surface area contributed by atoms with Gasteiger partial charge in [-0.05, 0) is 54.7 Å². The zero-order valence-electron chi connectivity index (χ0n) is 19.8. The average Bonchev–Trinajstić information content (AvgIpc) is 3.19. The lowest BCUT2D eigenvalue weighted by Gasteiger charge is -2.21. The Labute approximate surface area is 204 Å². The summed E-state index contributed by atoms with van der Waals surface area (Å²) in [7, 11) is 1.59. The van der Waals surface area contributed by atoms with Gasteiger partial charge in [0.05, 0.1) is 26.3 Å². The smallest absolute Gasteiger partial charge is 0.338 e. The van der Waals surface area contributed by atoms with Crippen LogP contribution in [0.4, 0.5) is 10.5 Å². The first-order valence-electron chi connectivity index (χ1n) is 11.4. The predicted octanol–water partition coefficient (Wildman–Crippen LogP) is 4.53. The zero-order chi connectivity index (χ0) is 24.9. The third-order valence-corrected chi connectivity index (χ3v) is 6.03. The zero-order valence-corrected chi connectivity index (χ0v) is 19.8. The fourth-order valence-corrected chi connectivity index (χ4v) is 4.12. The van der Waals surface area contributed by atoms with Crippen LogP contribution >= 0.6 is 0 Å². The van der Waals surface area contributed by atoms with E-state index < -0.39 is 6.03 Å². The molecule has 3 aromatic carbocycles. The van der Waals surface area contributed by atoms with E-state index in [1.807, 2.05) is 43.3 Å². The molecule has 0 saturated carbocycles. The molecular weight excluding hydrogens is 446 g/mol. The first kappa shape index (κ1) is 24.1. The van der Waals surface area contributed by atoms with Gasteiger partial charge in [0.25, 0.3) is 5.91 Å². The van der Waals surface area contributed by atoms with E-state index in [1.165, 1.54) is 5.56 Å². The molecule has 0 radical (unpaired) electrons. The third kappa shape index (κ3) is 5.55. The summed E-state index contributed by atoms with van der Waals surface area (Å²) in [5.41, 5.74) is 9.01. The van der Waals surface area contributed by atoms with Gasteiger partial charge in [-0.3, -0.25) is 10.0 Å². The summed E-state index contributed by atoms with van der Waals surface area (Å²) in [6, 6.07) is 20.0. The van der Waals surface area contributed by atoms with E-state index in [9.17, 15) is 14.8 Å². The molecule has 0 bridgehead atoms. The van der Waals surface area contributed by atoms with Gasteiger partial charge < -0.3 is 20.1 Å². The number of anilines is 1. The number of carbonyl (C=O) groups excluding carboxylic acids is 2. The maximum atomic E-state index is 13.2. The summed E-state index contributed by atoms with van der Waals surface area (Å²) in [5.74, 6) is 1.01. The number of fused-ring (bicyclic) bond motifs is 1. The van der Waals surface area contributed by atoms with Crippen LogP contribution in [-0.2, 0) is 19.5 Å². The normalized spacial score (nSPS) is 13.3. The van der Waals surface area contributed by atoms with Crippen LogP contribution in [-0.4, -0.2) is 35.4 Å². The molecule has 35 heavy (non-hydrogen) atoms. The standard InChI is InChI=1S/C27H29N3O5/c1-18(8-9-19-6-4-3-5-7-19)35-25-15-22(12-13-24(25)34-2)29-17-21-11-10-20(14-23(21)26(29)31)16-30(33)27(28)32/h3-7,10-15,18,33H,8-9,16-17H2,1-2H3,(H2,28,32). The number of nitrogens with two attached hydrogens (primary N) is 1. The summed E-state index contributed by atoms with van der Waals surface area (Å²) < 4.78 is 11.7. The Balaban J connectivity index is 1.49. The number of nitrogens with zero attached hydrogens (tertiary/aromatic N) is 2. The van der Waals surface area contributed by atoms with Crippen molar-refractivity contribution in [3.63, 3.8) is 0 Å². The van der Waals surface area contributed by atoms with E-state index in [-0.39, 0.29) is 18.6 Å². The first-order chi connectivity index (χ1) is 16.9. The highest BCUT2D eigenvalue weighted by atomic mass is 16.5. The second-order valence-corrected chi connectivity index (χ2v) is 8.57. The van der Waals surface area contributed by atoms with Crippen LogP contribution in [0, 0.1) is 0 Å². The Kier molecular flexibility index (Phi) is 7.22. The molecule has 1 aliphatic rings. The van der Waals surface area contributed by atoms with Crippen molar-refractivity contribution in [2.75, 3.05) is 12.0 Å². The minimum absolute atomic E-state index is 0.0555. The number of ether oxygens (including phenoxy) is 2. The fraction of sp³-hybridized carbons (Fsp3) is 0.259. The van der Waals surface area contributed by atoms with Crippen LogP contribution in [0.2, 0.25) is 0 Å². The summed E-state index contributed by atoms with van der Waals surface area (Å²) in [6.45, 7) is 2.32. The van der Waals surface area contributed by atoms with E-state index >= 15 is 0 Å². The number of methoxy groups -OCH3 is 1. The molecule has 1 aliphatic heterocycles. The summed E-state index contributed by atoms with van der Waals surface area (Å²) in [6.07, 6.45) is 1.68. The number of amides is 3. The van der Waals surface area contributed by atoms with Crippen molar-refractivity contribution in [3.8, 4) is 11.5 Å². The molecule has 3 N–H and O–H groups in total. The van der Waals surface area contributed by atoms with Crippen molar-refractivity contribution in [1.82, 2.24) is 5.06 Å². The second kappa shape index (κ2) is 10.5. The Morgan fingerprint density at radius 3 is 2.57 bits per heavy atom. The molecule has 3 amide bonds. The molecule has 1 atom stereocenters. The van der Waals surface area contributed by atoms with Crippen molar-refractivity contribution < 1.29 is 24.3 Å². The fourth-order valence-electron chi connectivity index (χ4n) is 4.12. The van der Waals surface area contributed by atoms with E-state index in [2.05, 4.69) is 12.1 Å². The molecule has 0 saturated heterocycles. The number of hydroxylamine groups is 2. The van der Waals surface area contributed by atoms with Gasteiger partial charge in [-0.1, -0.05) is 42.5 Å². The molecule has 0 spiro atoms. The number of hydrogen-bond acceptors (Lipinski definition) is 5. The van der Waals surface area contributed by atoms with Gasteiger partial charge in [-0.15, -0.1) is 0 Å². The average molecular weight is 476 g/mol. The summed E-state index contributed by atoms with van der Waals surface area (Å²) >= 11 is 0. The van der Waals surface area contributed by atoms with Crippen LogP contribution in [0.5, 0.6) is 11.5 Å². The molecule has 0 fully saturated rings. The topological polar surface area (TPSA) is 105 Å². The molecule has 4 rings (SSSR count). The van der Waals surface area contributed by atoms with Gasteiger partial charge >= 0.3 is 6.03 Å². The van der Waals surface area contributed by atoms with Crippen LogP contribution in [0.15, 0.2) is 66.7 Å². The second-order valence-electron chi connectivity index (χ2n) is 8.57. The molecule has 0 aliphatic carbocycles. The van der Waals surface area contributed by atoms with E-state index in [4.69, 9.17) is 15.2 Å². The maximum absolute atomic E-state index is 13.2. The Bertz CT molecular complexity index is 1210. The van der Waals surface area contributed by atoms with E-state index in [0.717, 1.165) is 18.4 Å². The number of carbonyl (C=O) groups is 2. The van der Waals surface area contributed by atoms with Gasteiger partial charge in [0.15, 0.2) is 11.5 Å². The molecule has 8 nitrogen and oxygen atoms in total. The molecule has 182 valence electrons. The van der Waals surface area contributed by atoms with Crippen molar-refractivity contribution in [2.24, 2.45) is 5.73 Å². The molecular formula is C27H29N3O5. The lowest BCUT2D eigenvalue weighted by molar-refractivity contribution is -0.0470. The monoisotopic (exact) mass is 475 g/mol. The Hall–Kier alpha value is -4.04. The third-order valence-electron chi connectivity index (χ3n) is 6.03. The maximum Gasteiger partial charge on any atom is 0.338 e. The summed E-state index contributed by atoms with van der Waals surface area (Å²) in [5, 5.41) is 10.0. The highest BCUT2D eigenvalue weighted by Gasteiger charge is 2.29. The van der Waals surface area contributed by atoms with Crippen LogP contribution in [0.1, 0.15) is 40.4 Å². The van der Waals surface area contributed by atoms with Gasteiger partial charge in [-0.2, -0.15) is 0 Å². The Morgan fingerprint density at radius 1 is 1.09 bits per heavy atom. The van der Waals surface area contributed by atoms with Crippen molar-refractivity contribution in [1.29, 1.82) is 0 Å². The number of primary amides is 1.